The molecule has 20 heavy (non-hydrogen) atoms. The van der Waals surface area contributed by atoms with E-state index in [9.17, 15) is 5.26 Å². The first-order valence-corrected chi connectivity index (χ1v) is 8.08. The van der Waals surface area contributed by atoms with Gasteiger partial charge in [-0.1, -0.05) is 0 Å². The smallest absolute Gasteiger partial charge is 0.109 e. The van der Waals surface area contributed by atoms with Crippen LogP contribution in [-0.4, -0.2) is 21.4 Å². The van der Waals surface area contributed by atoms with Crippen LogP contribution in [0.5, 0.6) is 0 Å². The highest BCUT2D eigenvalue weighted by Gasteiger charge is 2.38. The predicted molar refractivity (Wildman–Crippen MR) is 83.5 cm³/mol. The summed E-state index contributed by atoms with van der Waals surface area (Å²) in [5.74, 6) is 0. The molecule has 1 N–H and O–H groups in total. The summed E-state index contributed by atoms with van der Waals surface area (Å²) in [6, 6.07) is 3.15. The van der Waals surface area contributed by atoms with Gasteiger partial charge in [0.15, 0.2) is 0 Å². The number of rotatable bonds is 3. The van der Waals surface area contributed by atoms with Crippen molar-refractivity contribution >= 4 is 15.9 Å². The lowest BCUT2D eigenvalue weighted by Gasteiger charge is -2.38. The highest BCUT2D eigenvalue weighted by Crippen LogP contribution is 2.37. The number of aromatic nitrogens is 2. The van der Waals surface area contributed by atoms with Gasteiger partial charge in [0.1, 0.15) is 5.54 Å². The van der Waals surface area contributed by atoms with E-state index in [-0.39, 0.29) is 0 Å². The van der Waals surface area contributed by atoms with E-state index in [4.69, 9.17) is 0 Å². The minimum atomic E-state index is -0.407. The number of nitrogens with one attached hydrogen (secondary N) is 1. The molecule has 1 heterocycles. The average Bonchev–Trinajstić information content (AvgIpc) is 2.66. The molecule has 4 nitrogen and oxygen atoms in total. The summed E-state index contributed by atoms with van der Waals surface area (Å²) in [7, 11) is 0. The summed E-state index contributed by atoms with van der Waals surface area (Å²) in [6.45, 7) is 8.30. The van der Waals surface area contributed by atoms with Crippen LogP contribution in [0.4, 0.5) is 0 Å². The maximum absolute atomic E-state index is 9.63. The Hall–Kier alpha value is -0.860. The summed E-state index contributed by atoms with van der Waals surface area (Å²) in [4.78, 5) is 0. The van der Waals surface area contributed by atoms with Gasteiger partial charge in [0, 0.05) is 12.5 Å². The molecule has 2 rings (SSSR count). The first-order chi connectivity index (χ1) is 9.38. The Labute approximate surface area is 129 Å². The van der Waals surface area contributed by atoms with Gasteiger partial charge < -0.3 is 0 Å². The molecule has 2 unspecified atom stereocenters. The topological polar surface area (TPSA) is 53.6 Å². The van der Waals surface area contributed by atoms with Gasteiger partial charge in [-0.25, -0.2) is 0 Å². The predicted octanol–water partition coefficient (Wildman–Crippen LogP) is 3.64. The van der Waals surface area contributed by atoms with Crippen molar-refractivity contribution in [1.29, 1.82) is 5.26 Å². The van der Waals surface area contributed by atoms with Crippen LogP contribution in [0, 0.1) is 25.2 Å². The van der Waals surface area contributed by atoms with Gasteiger partial charge >= 0.3 is 0 Å². The van der Waals surface area contributed by atoms with Gasteiger partial charge in [-0.05, 0) is 62.9 Å². The molecule has 1 saturated carbocycles. The van der Waals surface area contributed by atoms with Crippen LogP contribution in [0.1, 0.15) is 57.0 Å². The molecule has 5 heteroatoms. The molecule has 1 aromatic rings. The van der Waals surface area contributed by atoms with Gasteiger partial charge in [-0.3, -0.25) is 10.00 Å². The minimum absolute atomic E-state index is 0.305. The largest absolute Gasteiger partial charge is 0.297 e. The lowest BCUT2D eigenvalue weighted by Crippen LogP contribution is -2.50. The van der Waals surface area contributed by atoms with E-state index >= 15 is 0 Å². The fourth-order valence-electron chi connectivity index (χ4n) is 3.27. The van der Waals surface area contributed by atoms with Gasteiger partial charge in [-0.2, -0.15) is 10.4 Å². The molecule has 1 fully saturated rings. The van der Waals surface area contributed by atoms with Gasteiger partial charge in [0.2, 0.25) is 0 Å². The number of hydrogen-bond donors (Lipinski definition) is 1. The fourth-order valence-corrected chi connectivity index (χ4v) is 3.53. The van der Waals surface area contributed by atoms with E-state index in [1.165, 1.54) is 0 Å². The number of nitrogens with zero attached hydrogens (tertiary/aromatic N) is 3. The molecule has 0 aliphatic heterocycles. The fraction of sp³-hybridized carbons (Fsp3) is 0.733. The van der Waals surface area contributed by atoms with Crippen LogP contribution < -0.4 is 5.32 Å². The highest BCUT2D eigenvalue weighted by atomic mass is 79.9. The van der Waals surface area contributed by atoms with Crippen LogP contribution >= 0.6 is 15.9 Å². The zero-order valence-electron chi connectivity index (χ0n) is 12.7. The van der Waals surface area contributed by atoms with Crippen molar-refractivity contribution in [3.63, 3.8) is 0 Å². The first kappa shape index (κ1) is 15.5. The molecule has 110 valence electrons. The normalized spacial score (nSPS) is 26.8. The molecule has 1 aromatic heterocycles. The number of aryl methyl sites for hydroxylation is 1. The Balaban J connectivity index is 2.26. The van der Waals surface area contributed by atoms with E-state index in [1.54, 1.807) is 0 Å². The Morgan fingerprint density at radius 1 is 1.50 bits per heavy atom. The molecule has 0 amide bonds. The van der Waals surface area contributed by atoms with Crippen molar-refractivity contribution in [3.05, 3.63) is 15.9 Å². The molecular formula is C15H23BrN4. The summed E-state index contributed by atoms with van der Waals surface area (Å²) >= 11 is 3.59. The molecular weight excluding hydrogens is 316 g/mol. The Morgan fingerprint density at radius 2 is 2.20 bits per heavy atom. The SMILES string of the molecule is Cc1nn(C2CCCC(C#N)(NC(C)C)C2)c(C)c1Br. The minimum Gasteiger partial charge on any atom is -0.297 e. The monoisotopic (exact) mass is 338 g/mol. The van der Waals surface area contributed by atoms with E-state index < -0.39 is 5.54 Å². The first-order valence-electron chi connectivity index (χ1n) is 7.28. The summed E-state index contributed by atoms with van der Waals surface area (Å²) in [5, 5.41) is 17.7. The maximum atomic E-state index is 9.63. The molecule has 0 bridgehead atoms. The lowest BCUT2D eigenvalue weighted by molar-refractivity contribution is 0.207. The van der Waals surface area contributed by atoms with Crippen molar-refractivity contribution in [2.75, 3.05) is 0 Å². The zero-order valence-corrected chi connectivity index (χ0v) is 14.3. The standard InChI is InChI=1S/C15H23BrN4/c1-10(2)18-15(9-17)7-5-6-13(8-15)20-12(4)14(16)11(3)19-20/h10,13,18H,5-8H2,1-4H3. The summed E-state index contributed by atoms with van der Waals surface area (Å²) in [5.41, 5.74) is 1.77. The van der Waals surface area contributed by atoms with Crippen molar-refractivity contribution in [1.82, 2.24) is 15.1 Å². The third-order valence-electron chi connectivity index (χ3n) is 4.09. The van der Waals surface area contributed by atoms with Crippen LogP contribution in [-0.2, 0) is 0 Å². The maximum Gasteiger partial charge on any atom is 0.109 e. The second-order valence-electron chi connectivity index (χ2n) is 6.17. The van der Waals surface area contributed by atoms with Crippen molar-refractivity contribution < 1.29 is 0 Å². The van der Waals surface area contributed by atoms with Crippen LogP contribution in [0.15, 0.2) is 4.47 Å². The second-order valence-corrected chi connectivity index (χ2v) is 6.97. The third-order valence-corrected chi connectivity index (χ3v) is 5.23. The van der Waals surface area contributed by atoms with Gasteiger partial charge in [0.25, 0.3) is 0 Å². The molecule has 1 aliphatic rings. The van der Waals surface area contributed by atoms with Crippen LogP contribution in [0.2, 0.25) is 0 Å². The van der Waals surface area contributed by atoms with Crippen molar-refractivity contribution in [2.45, 2.75) is 71.0 Å². The van der Waals surface area contributed by atoms with Crippen LogP contribution in [0.25, 0.3) is 0 Å². The number of nitriles is 1. The Morgan fingerprint density at radius 3 is 2.70 bits per heavy atom. The average molecular weight is 339 g/mol. The van der Waals surface area contributed by atoms with E-state index in [1.807, 2.05) is 6.92 Å². The van der Waals surface area contributed by atoms with E-state index in [0.29, 0.717) is 12.1 Å². The molecule has 0 spiro atoms. The quantitative estimate of drug-likeness (QED) is 0.915. The molecule has 0 saturated heterocycles. The lowest BCUT2D eigenvalue weighted by atomic mass is 9.79. The second kappa shape index (κ2) is 5.87. The van der Waals surface area contributed by atoms with Crippen molar-refractivity contribution in [2.24, 2.45) is 0 Å². The van der Waals surface area contributed by atoms with Gasteiger partial charge in [0.05, 0.1) is 28.0 Å². The Kier molecular flexibility index (Phi) is 4.55. The van der Waals surface area contributed by atoms with Gasteiger partial charge in [-0.15, -0.1) is 0 Å². The van der Waals surface area contributed by atoms with E-state index in [2.05, 4.69) is 57.9 Å². The zero-order chi connectivity index (χ0) is 14.9. The number of halogens is 1. The summed E-state index contributed by atoms with van der Waals surface area (Å²) in [6.07, 6.45) is 3.92. The summed E-state index contributed by atoms with van der Waals surface area (Å²) < 4.78 is 3.19. The van der Waals surface area contributed by atoms with Crippen molar-refractivity contribution in [3.8, 4) is 6.07 Å². The molecule has 1 aliphatic carbocycles. The molecule has 2 atom stereocenters. The van der Waals surface area contributed by atoms with Crippen LogP contribution in [0.3, 0.4) is 0 Å². The molecule has 0 aromatic carbocycles. The third kappa shape index (κ3) is 2.91. The molecule has 0 radical (unpaired) electrons. The Bertz CT molecular complexity index is 529. The highest BCUT2D eigenvalue weighted by molar-refractivity contribution is 9.10. The number of hydrogen-bond acceptors (Lipinski definition) is 3. The van der Waals surface area contributed by atoms with E-state index in [0.717, 1.165) is 41.5 Å².